The first-order valence-corrected chi connectivity index (χ1v) is 11.0. The molecule has 1 aliphatic heterocycles. The first-order chi connectivity index (χ1) is 15.3. The van der Waals surface area contributed by atoms with E-state index >= 15 is 0 Å². The van der Waals surface area contributed by atoms with E-state index in [1.54, 1.807) is 0 Å². The Kier molecular flexibility index (Phi) is 5.72. The van der Waals surface area contributed by atoms with Gasteiger partial charge in [0.2, 0.25) is 10.0 Å². The summed E-state index contributed by atoms with van der Waals surface area (Å²) < 4.78 is 41.7. The molecule has 1 aromatic heterocycles. The molecule has 1 amide bonds. The third-order valence-electron chi connectivity index (χ3n) is 5.15. The number of amides is 1. The number of carbonyl (C=O) groups is 1. The third kappa shape index (κ3) is 4.09. The van der Waals surface area contributed by atoms with Crippen molar-refractivity contribution in [1.82, 2.24) is 18.8 Å². The average Bonchev–Trinajstić information content (AvgIpc) is 3.29. The van der Waals surface area contributed by atoms with Crippen molar-refractivity contribution in [2.75, 3.05) is 26.2 Å². The molecule has 12 heteroatoms. The molecule has 1 aliphatic rings. The number of sulfonamides is 1. The maximum absolute atomic E-state index is 13.2. The Hall–Kier alpha value is -3.64. The number of non-ortho nitro benzene ring substituents is 1. The maximum Gasteiger partial charge on any atom is 0.272 e. The van der Waals surface area contributed by atoms with Gasteiger partial charge >= 0.3 is 0 Å². The zero-order chi connectivity index (χ0) is 22.9. The molecule has 0 radical (unpaired) electrons. The van der Waals surface area contributed by atoms with Crippen LogP contribution in [0.15, 0.2) is 66.0 Å². The minimum atomic E-state index is -3.94. The molecule has 2 aromatic carbocycles. The quantitative estimate of drug-likeness (QED) is 0.426. The molecule has 0 N–H and O–H groups in total. The first kappa shape index (κ1) is 21.6. The summed E-state index contributed by atoms with van der Waals surface area (Å²) in [7, 11) is -3.94. The lowest BCUT2D eigenvalue weighted by atomic mass is 10.2. The van der Waals surface area contributed by atoms with E-state index in [-0.39, 0.29) is 48.4 Å². The number of aromatic nitrogens is 2. The lowest BCUT2D eigenvalue weighted by molar-refractivity contribution is -0.385. The van der Waals surface area contributed by atoms with Crippen LogP contribution in [0.2, 0.25) is 0 Å². The standard InChI is InChI=1S/C20H18FN5O5S/c21-15-4-6-16(7-5-15)25-14-22-13-19(25)20(27)23-8-10-24(11-9-23)32(30,31)18-3-1-2-17(12-18)26(28)29/h1-7,12-14H,8-11H2. The topological polar surface area (TPSA) is 119 Å². The minimum absolute atomic E-state index is 0.0431. The highest BCUT2D eigenvalue weighted by Gasteiger charge is 2.32. The van der Waals surface area contributed by atoms with Crippen LogP contribution in [0.1, 0.15) is 10.5 Å². The van der Waals surface area contributed by atoms with Gasteiger partial charge in [0.1, 0.15) is 11.5 Å². The normalized spacial score (nSPS) is 15.0. The molecule has 4 rings (SSSR count). The van der Waals surface area contributed by atoms with E-state index in [1.807, 2.05) is 0 Å². The van der Waals surface area contributed by atoms with Crippen LogP contribution in [-0.2, 0) is 10.0 Å². The fourth-order valence-electron chi connectivity index (χ4n) is 3.46. The zero-order valence-electron chi connectivity index (χ0n) is 16.7. The molecule has 0 atom stereocenters. The average molecular weight is 459 g/mol. The highest BCUT2D eigenvalue weighted by molar-refractivity contribution is 7.89. The van der Waals surface area contributed by atoms with Crippen LogP contribution in [-0.4, -0.2) is 64.2 Å². The highest BCUT2D eigenvalue weighted by Crippen LogP contribution is 2.23. The lowest BCUT2D eigenvalue weighted by Gasteiger charge is -2.34. The molecule has 1 saturated heterocycles. The number of hydrogen-bond donors (Lipinski definition) is 0. The molecule has 166 valence electrons. The van der Waals surface area contributed by atoms with Gasteiger partial charge in [-0.05, 0) is 30.3 Å². The number of carbonyl (C=O) groups excluding carboxylic acids is 1. The molecule has 3 aromatic rings. The number of nitro benzene ring substituents is 1. The van der Waals surface area contributed by atoms with Crippen molar-refractivity contribution in [2.45, 2.75) is 4.90 Å². The van der Waals surface area contributed by atoms with E-state index in [0.29, 0.717) is 5.69 Å². The number of hydrogen-bond acceptors (Lipinski definition) is 6. The summed E-state index contributed by atoms with van der Waals surface area (Å²) in [6, 6.07) is 10.5. The van der Waals surface area contributed by atoms with Crippen molar-refractivity contribution in [2.24, 2.45) is 0 Å². The Bertz CT molecular complexity index is 1270. The molecule has 0 aliphatic carbocycles. The lowest BCUT2D eigenvalue weighted by Crippen LogP contribution is -2.50. The summed E-state index contributed by atoms with van der Waals surface area (Å²) >= 11 is 0. The van der Waals surface area contributed by atoms with Crippen LogP contribution in [0.25, 0.3) is 5.69 Å². The second-order valence-corrected chi connectivity index (χ2v) is 9.01. The van der Waals surface area contributed by atoms with E-state index in [1.165, 1.54) is 68.8 Å². The smallest absolute Gasteiger partial charge is 0.272 e. The number of halogens is 1. The number of nitrogens with zero attached hydrogens (tertiary/aromatic N) is 5. The first-order valence-electron chi connectivity index (χ1n) is 9.59. The monoisotopic (exact) mass is 459 g/mol. The summed E-state index contributed by atoms with van der Waals surface area (Å²) in [6.07, 6.45) is 2.85. The van der Waals surface area contributed by atoms with Crippen molar-refractivity contribution >= 4 is 21.6 Å². The predicted octanol–water partition coefficient (Wildman–Crippen LogP) is 2.07. The van der Waals surface area contributed by atoms with Crippen LogP contribution in [0.5, 0.6) is 0 Å². The van der Waals surface area contributed by atoms with Crippen LogP contribution in [0, 0.1) is 15.9 Å². The van der Waals surface area contributed by atoms with Gasteiger partial charge in [-0.2, -0.15) is 4.31 Å². The number of benzene rings is 2. The van der Waals surface area contributed by atoms with Gasteiger partial charge in [-0.3, -0.25) is 19.5 Å². The summed E-state index contributed by atoms with van der Waals surface area (Å²) in [4.78, 5) is 28.7. The van der Waals surface area contributed by atoms with Crippen LogP contribution < -0.4 is 0 Å². The second kappa shape index (κ2) is 8.48. The Morgan fingerprint density at radius 2 is 1.75 bits per heavy atom. The highest BCUT2D eigenvalue weighted by atomic mass is 32.2. The van der Waals surface area contributed by atoms with Crippen LogP contribution in [0.3, 0.4) is 0 Å². The van der Waals surface area contributed by atoms with Gasteiger partial charge in [-0.1, -0.05) is 6.07 Å². The van der Waals surface area contributed by atoms with Crippen molar-refractivity contribution in [1.29, 1.82) is 0 Å². The molecule has 2 heterocycles. The number of imidazole rings is 1. The SMILES string of the molecule is O=C(c1cncn1-c1ccc(F)cc1)N1CCN(S(=O)(=O)c2cccc([N+](=O)[O-])c2)CC1. The third-order valence-corrected chi connectivity index (χ3v) is 7.05. The Morgan fingerprint density at radius 3 is 2.41 bits per heavy atom. The number of piperazine rings is 1. The van der Waals surface area contributed by atoms with Crippen LogP contribution in [0.4, 0.5) is 10.1 Å². The molecule has 0 unspecified atom stereocenters. The van der Waals surface area contributed by atoms with Crippen molar-refractivity contribution < 1.29 is 22.5 Å². The fraction of sp³-hybridized carbons (Fsp3) is 0.200. The summed E-state index contributed by atoms with van der Waals surface area (Å²) in [5.41, 5.74) is 0.527. The van der Waals surface area contributed by atoms with Crippen molar-refractivity contribution in [3.63, 3.8) is 0 Å². The summed E-state index contributed by atoms with van der Waals surface area (Å²) in [5, 5.41) is 11.0. The molecular formula is C20H18FN5O5S. The zero-order valence-corrected chi connectivity index (χ0v) is 17.5. The fourth-order valence-corrected chi connectivity index (χ4v) is 4.92. The van der Waals surface area contributed by atoms with Gasteiger partial charge in [-0.15, -0.1) is 0 Å². The summed E-state index contributed by atoms with van der Waals surface area (Å²) in [5.74, 6) is -0.734. The minimum Gasteiger partial charge on any atom is -0.335 e. The molecule has 0 saturated carbocycles. The van der Waals surface area contributed by atoms with E-state index < -0.39 is 20.8 Å². The van der Waals surface area contributed by atoms with Gasteiger partial charge in [0.15, 0.2) is 0 Å². The van der Waals surface area contributed by atoms with E-state index in [0.717, 1.165) is 6.07 Å². The molecule has 0 bridgehead atoms. The largest absolute Gasteiger partial charge is 0.335 e. The van der Waals surface area contributed by atoms with Crippen molar-refractivity contribution in [3.05, 3.63) is 82.7 Å². The van der Waals surface area contributed by atoms with Crippen LogP contribution >= 0.6 is 0 Å². The van der Waals surface area contributed by atoms with Gasteiger partial charge in [-0.25, -0.2) is 17.8 Å². The molecular weight excluding hydrogens is 441 g/mol. The van der Waals surface area contributed by atoms with Gasteiger partial charge in [0.25, 0.3) is 11.6 Å². The molecule has 1 fully saturated rings. The maximum atomic E-state index is 13.2. The number of nitro groups is 1. The van der Waals surface area contributed by atoms with Gasteiger partial charge in [0, 0.05) is 44.0 Å². The summed E-state index contributed by atoms with van der Waals surface area (Å²) in [6.45, 7) is 0.367. The van der Waals surface area contributed by atoms with E-state index in [4.69, 9.17) is 0 Å². The van der Waals surface area contributed by atoms with E-state index in [9.17, 15) is 27.7 Å². The molecule has 32 heavy (non-hydrogen) atoms. The Labute approximate surface area is 182 Å². The predicted molar refractivity (Wildman–Crippen MR) is 111 cm³/mol. The van der Waals surface area contributed by atoms with E-state index in [2.05, 4.69) is 4.98 Å². The second-order valence-electron chi connectivity index (χ2n) is 7.08. The number of rotatable bonds is 5. The van der Waals surface area contributed by atoms with Gasteiger partial charge in [0.05, 0.1) is 22.3 Å². The van der Waals surface area contributed by atoms with Gasteiger partial charge < -0.3 is 4.90 Å². The molecule has 0 spiro atoms. The van der Waals surface area contributed by atoms with Crippen molar-refractivity contribution in [3.8, 4) is 5.69 Å². The Balaban J connectivity index is 1.48. The Morgan fingerprint density at radius 1 is 1.06 bits per heavy atom. The molecule has 10 nitrogen and oxygen atoms in total.